The maximum atomic E-state index is 11.9. The van der Waals surface area contributed by atoms with Crippen molar-refractivity contribution in [2.24, 2.45) is 0 Å². The highest BCUT2D eigenvalue weighted by molar-refractivity contribution is 8.00. The van der Waals surface area contributed by atoms with E-state index in [1.165, 1.54) is 34.9 Å². The van der Waals surface area contributed by atoms with Gasteiger partial charge in [-0.15, -0.1) is 0 Å². The van der Waals surface area contributed by atoms with Crippen molar-refractivity contribution >= 4 is 41.1 Å². The summed E-state index contributed by atoms with van der Waals surface area (Å²) in [6.45, 7) is 4.22. The number of amides is 1. The SMILES string of the molecule is COC(=O)CCSCC(=O)Nc1ccc(Sc2ccc(C)c(C)c2)cc1. The number of nitrogens with one attached hydrogen (secondary N) is 1. The van der Waals surface area contributed by atoms with Crippen LogP contribution in [0.1, 0.15) is 17.5 Å². The molecule has 0 saturated carbocycles. The molecule has 2 rings (SSSR count). The van der Waals surface area contributed by atoms with Crippen LogP contribution in [-0.4, -0.2) is 30.5 Å². The van der Waals surface area contributed by atoms with Gasteiger partial charge in [0.05, 0.1) is 19.3 Å². The van der Waals surface area contributed by atoms with E-state index in [1.54, 1.807) is 11.8 Å². The van der Waals surface area contributed by atoms with Gasteiger partial charge in [-0.3, -0.25) is 9.59 Å². The molecule has 0 aromatic heterocycles. The standard InChI is InChI=1S/C20H23NO3S2/c1-14-4-7-18(12-15(14)2)26-17-8-5-16(6-9-17)21-19(22)13-25-11-10-20(23)24-3/h4-9,12H,10-11,13H2,1-3H3,(H,21,22). The molecule has 0 spiro atoms. The summed E-state index contributed by atoms with van der Waals surface area (Å²) in [4.78, 5) is 25.3. The molecule has 26 heavy (non-hydrogen) atoms. The molecule has 4 nitrogen and oxygen atoms in total. The van der Waals surface area contributed by atoms with Crippen molar-refractivity contribution in [3.63, 3.8) is 0 Å². The molecule has 0 aliphatic carbocycles. The number of thioether (sulfide) groups is 1. The molecule has 0 aliphatic heterocycles. The van der Waals surface area contributed by atoms with Crippen LogP contribution in [0.15, 0.2) is 52.3 Å². The van der Waals surface area contributed by atoms with Gasteiger partial charge in [0.2, 0.25) is 5.91 Å². The number of carbonyl (C=O) groups excluding carboxylic acids is 2. The second-order valence-corrected chi connectivity index (χ2v) is 8.05. The van der Waals surface area contributed by atoms with Crippen LogP contribution in [0.5, 0.6) is 0 Å². The second-order valence-electron chi connectivity index (χ2n) is 5.80. The average Bonchev–Trinajstić information content (AvgIpc) is 2.63. The molecule has 0 aliphatic rings. The van der Waals surface area contributed by atoms with E-state index in [9.17, 15) is 9.59 Å². The fraction of sp³-hybridized carbons (Fsp3) is 0.300. The van der Waals surface area contributed by atoms with Gasteiger partial charge >= 0.3 is 5.97 Å². The number of hydrogen-bond acceptors (Lipinski definition) is 5. The maximum Gasteiger partial charge on any atom is 0.306 e. The molecule has 138 valence electrons. The third kappa shape index (κ3) is 6.77. The van der Waals surface area contributed by atoms with Crippen LogP contribution >= 0.6 is 23.5 Å². The molecule has 0 heterocycles. The number of anilines is 1. The number of hydrogen-bond donors (Lipinski definition) is 1. The Morgan fingerprint density at radius 1 is 1.00 bits per heavy atom. The number of ether oxygens (including phenoxy) is 1. The van der Waals surface area contributed by atoms with Gasteiger partial charge in [0, 0.05) is 21.2 Å². The Morgan fingerprint density at radius 2 is 1.69 bits per heavy atom. The van der Waals surface area contributed by atoms with Crippen molar-refractivity contribution in [3.05, 3.63) is 53.6 Å². The smallest absolute Gasteiger partial charge is 0.306 e. The molecule has 0 fully saturated rings. The predicted octanol–water partition coefficient (Wildman–Crippen LogP) is 4.69. The van der Waals surface area contributed by atoms with Crippen molar-refractivity contribution in [1.29, 1.82) is 0 Å². The summed E-state index contributed by atoms with van der Waals surface area (Å²) in [6.07, 6.45) is 0.318. The van der Waals surface area contributed by atoms with Gasteiger partial charge < -0.3 is 10.1 Å². The summed E-state index contributed by atoms with van der Waals surface area (Å²) in [5.74, 6) is 0.561. The van der Waals surface area contributed by atoms with Crippen LogP contribution in [0.3, 0.4) is 0 Å². The molecule has 2 aromatic carbocycles. The minimum Gasteiger partial charge on any atom is -0.469 e. The minimum absolute atomic E-state index is 0.0746. The quantitative estimate of drug-likeness (QED) is 0.524. The van der Waals surface area contributed by atoms with Crippen molar-refractivity contribution in [1.82, 2.24) is 0 Å². The average molecular weight is 390 g/mol. The first kappa shape index (κ1) is 20.4. The van der Waals surface area contributed by atoms with Crippen LogP contribution in [0.2, 0.25) is 0 Å². The van der Waals surface area contributed by atoms with E-state index < -0.39 is 0 Å². The van der Waals surface area contributed by atoms with Crippen LogP contribution in [0.25, 0.3) is 0 Å². The van der Waals surface area contributed by atoms with Crippen molar-refractivity contribution in [3.8, 4) is 0 Å². The van der Waals surface area contributed by atoms with Crippen molar-refractivity contribution in [2.45, 2.75) is 30.1 Å². The fourth-order valence-electron chi connectivity index (χ4n) is 2.14. The molecular weight excluding hydrogens is 366 g/mol. The topological polar surface area (TPSA) is 55.4 Å². The van der Waals surface area contributed by atoms with Gasteiger partial charge in [0.25, 0.3) is 0 Å². The molecule has 0 unspecified atom stereocenters. The lowest BCUT2D eigenvalue weighted by atomic mass is 10.1. The highest BCUT2D eigenvalue weighted by atomic mass is 32.2. The molecule has 1 N–H and O–H groups in total. The van der Waals surface area contributed by atoms with Crippen LogP contribution < -0.4 is 5.32 Å². The Hall–Kier alpha value is -1.92. The number of aryl methyl sites for hydroxylation is 2. The zero-order valence-corrected chi connectivity index (χ0v) is 16.8. The zero-order chi connectivity index (χ0) is 18.9. The third-order valence-corrected chi connectivity index (χ3v) is 5.72. The molecule has 1 amide bonds. The van der Waals surface area contributed by atoms with E-state index in [1.807, 2.05) is 24.3 Å². The Labute approximate surface area is 163 Å². The normalized spacial score (nSPS) is 10.4. The lowest BCUT2D eigenvalue weighted by molar-refractivity contribution is -0.140. The number of rotatable bonds is 8. The Balaban J connectivity index is 1.80. The van der Waals surface area contributed by atoms with Crippen LogP contribution in [0.4, 0.5) is 5.69 Å². The fourth-order valence-corrected chi connectivity index (χ4v) is 3.77. The number of benzene rings is 2. The van der Waals surface area contributed by atoms with E-state index in [-0.39, 0.29) is 11.9 Å². The molecular formula is C20H23NO3S2. The largest absolute Gasteiger partial charge is 0.469 e. The third-order valence-electron chi connectivity index (χ3n) is 3.76. The van der Waals surface area contributed by atoms with Crippen LogP contribution in [0, 0.1) is 13.8 Å². The first-order valence-corrected chi connectivity index (χ1v) is 10.2. The molecule has 0 saturated heterocycles. The Kier molecular flexibility index (Phi) is 8.06. The number of esters is 1. The van der Waals surface area contributed by atoms with E-state index >= 15 is 0 Å². The first-order chi connectivity index (χ1) is 12.5. The highest BCUT2D eigenvalue weighted by Gasteiger charge is 2.06. The maximum absolute atomic E-state index is 11.9. The second kappa shape index (κ2) is 10.3. The highest BCUT2D eigenvalue weighted by Crippen LogP contribution is 2.29. The summed E-state index contributed by atoms with van der Waals surface area (Å²) < 4.78 is 4.56. The number of carbonyl (C=O) groups is 2. The Bertz CT molecular complexity index is 760. The summed E-state index contributed by atoms with van der Waals surface area (Å²) in [5, 5.41) is 2.87. The van der Waals surface area contributed by atoms with Gasteiger partial charge in [-0.2, -0.15) is 11.8 Å². The van der Waals surface area contributed by atoms with E-state index in [0.717, 1.165) is 10.6 Å². The predicted molar refractivity (Wildman–Crippen MR) is 109 cm³/mol. The first-order valence-electron chi connectivity index (χ1n) is 8.27. The lowest BCUT2D eigenvalue weighted by Gasteiger charge is -2.08. The van der Waals surface area contributed by atoms with Crippen molar-refractivity contribution < 1.29 is 14.3 Å². The number of methoxy groups -OCH3 is 1. The molecule has 0 bridgehead atoms. The Morgan fingerprint density at radius 3 is 2.35 bits per heavy atom. The molecule has 2 aromatic rings. The van der Waals surface area contributed by atoms with E-state index in [2.05, 4.69) is 42.1 Å². The van der Waals surface area contributed by atoms with E-state index in [4.69, 9.17) is 0 Å². The van der Waals surface area contributed by atoms with Crippen molar-refractivity contribution in [2.75, 3.05) is 23.9 Å². The molecule has 0 radical (unpaired) electrons. The summed E-state index contributed by atoms with van der Waals surface area (Å²) in [5.41, 5.74) is 3.34. The van der Waals surface area contributed by atoms with Gasteiger partial charge in [0.15, 0.2) is 0 Å². The van der Waals surface area contributed by atoms with Crippen LogP contribution in [-0.2, 0) is 14.3 Å². The molecule has 6 heteroatoms. The monoisotopic (exact) mass is 389 g/mol. The van der Waals surface area contributed by atoms with Gasteiger partial charge in [-0.05, 0) is 61.4 Å². The van der Waals surface area contributed by atoms with Gasteiger partial charge in [-0.25, -0.2) is 0 Å². The summed E-state index contributed by atoms with van der Waals surface area (Å²) in [7, 11) is 1.36. The zero-order valence-electron chi connectivity index (χ0n) is 15.2. The van der Waals surface area contributed by atoms with Gasteiger partial charge in [-0.1, -0.05) is 17.8 Å². The summed E-state index contributed by atoms with van der Waals surface area (Å²) >= 11 is 3.11. The minimum atomic E-state index is -0.255. The molecule has 0 atom stereocenters. The summed E-state index contributed by atoms with van der Waals surface area (Å²) in [6, 6.07) is 14.2. The van der Waals surface area contributed by atoms with Gasteiger partial charge in [0.1, 0.15) is 0 Å². The van der Waals surface area contributed by atoms with E-state index in [0.29, 0.717) is 17.9 Å². The lowest BCUT2D eigenvalue weighted by Crippen LogP contribution is -2.14.